The molecule has 0 aliphatic carbocycles. The lowest BCUT2D eigenvalue weighted by Gasteiger charge is -2.41. The molecule has 0 saturated carbocycles. The summed E-state index contributed by atoms with van der Waals surface area (Å²) in [5, 5.41) is 20.8. The van der Waals surface area contributed by atoms with Crippen LogP contribution in [0.2, 0.25) is 0 Å². The number of likely N-dealkylation sites (tertiary alicyclic amines) is 1. The molecule has 1 radical (unpaired) electrons. The van der Waals surface area contributed by atoms with E-state index in [2.05, 4.69) is 12.1 Å². The first-order valence-corrected chi connectivity index (χ1v) is 10.6. The van der Waals surface area contributed by atoms with E-state index in [1.54, 1.807) is 24.3 Å². The van der Waals surface area contributed by atoms with Crippen LogP contribution in [0.3, 0.4) is 0 Å². The van der Waals surface area contributed by atoms with Gasteiger partial charge in [-0.25, -0.2) is 9.90 Å². The summed E-state index contributed by atoms with van der Waals surface area (Å²) in [6.07, 6.45) is 1.30. The number of ketones is 1. The molecule has 1 saturated heterocycles. The van der Waals surface area contributed by atoms with Crippen molar-refractivity contribution >= 4 is 11.7 Å². The molecule has 1 aliphatic rings. The monoisotopic (exact) mass is 404 g/mol. The Labute approximate surface area is 178 Å². The number of hydrogen-bond donors (Lipinski definition) is 0. The van der Waals surface area contributed by atoms with E-state index in [0.717, 1.165) is 6.42 Å². The van der Waals surface area contributed by atoms with E-state index in [4.69, 9.17) is 5.26 Å². The maximum absolute atomic E-state index is 13.5. The zero-order chi connectivity index (χ0) is 21.6. The molecule has 1 fully saturated rings. The van der Waals surface area contributed by atoms with Crippen LogP contribution in [-0.4, -0.2) is 41.9 Å². The molecule has 5 heteroatoms. The third-order valence-corrected chi connectivity index (χ3v) is 6.15. The van der Waals surface area contributed by atoms with Crippen molar-refractivity contribution in [3.05, 3.63) is 71.3 Å². The standard InChI is InChI=1S/C25H28N2O3/c1-19(17-24(29)22-9-7-21(18-26)8-10-22)25(30)27(15-12-23(28)13-16-27)14-11-20-5-3-2-4-6-20/h2-10,19,23H,11-17H2,1H3/q+1/t19-,23?,27?/m0/s1. The van der Waals surface area contributed by atoms with Crippen molar-refractivity contribution in [2.24, 2.45) is 5.92 Å². The van der Waals surface area contributed by atoms with Gasteiger partial charge in [-0.3, -0.25) is 9.28 Å². The zero-order valence-corrected chi connectivity index (χ0v) is 17.4. The van der Waals surface area contributed by atoms with Crippen molar-refractivity contribution in [2.45, 2.75) is 38.7 Å². The Morgan fingerprint density at radius 1 is 1.07 bits per heavy atom. The summed E-state index contributed by atoms with van der Waals surface area (Å²) in [7, 11) is 0. The van der Waals surface area contributed by atoms with Crippen LogP contribution in [0.15, 0.2) is 54.6 Å². The minimum atomic E-state index is -0.601. The van der Waals surface area contributed by atoms with Gasteiger partial charge in [-0.1, -0.05) is 42.5 Å². The fourth-order valence-corrected chi connectivity index (χ4v) is 4.26. The summed E-state index contributed by atoms with van der Waals surface area (Å²) in [4.78, 5) is 26.2. The molecule has 1 aliphatic heterocycles. The first kappa shape index (κ1) is 21.9. The average Bonchev–Trinajstić information content (AvgIpc) is 2.79. The molecular formula is C25H28N2O3+. The largest absolute Gasteiger partial charge is 0.316 e. The lowest BCUT2D eigenvalue weighted by atomic mass is 9.94. The van der Waals surface area contributed by atoms with Crippen molar-refractivity contribution in [2.75, 3.05) is 19.6 Å². The SMILES string of the molecule is C[C@@H](CC(=O)c1ccc(C#N)cc1)C(=O)[N+]1(CCc2ccccc2)CCC([O])CC1. The lowest BCUT2D eigenvalue weighted by Crippen LogP contribution is -2.60. The van der Waals surface area contributed by atoms with Crippen LogP contribution in [-0.2, 0) is 16.3 Å². The highest BCUT2D eigenvalue weighted by Gasteiger charge is 2.43. The van der Waals surface area contributed by atoms with Gasteiger partial charge in [-0.15, -0.1) is 0 Å². The number of benzene rings is 2. The molecule has 2 aromatic rings. The number of carbonyl (C=O) groups excluding carboxylic acids is 2. The highest BCUT2D eigenvalue weighted by atomic mass is 16.3. The second kappa shape index (κ2) is 9.80. The predicted octanol–water partition coefficient (Wildman–Crippen LogP) is 3.95. The van der Waals surface area contributed by atoms with E-state index in [-0.39, 0.29) is 22.6 Å². The normalized spacial score (nSPS) is 22.1. The second-order valence-electron chi connectivity index (χ2n) is 8.31. The first-order chi connectivity index (χ1) is 14.4. The Hall–Kier alpha value is -2.81. The first-order valence-electron chi connectivity index (χ1n) is 10.6. The summed E-state index contributed by atoms with van der Waals surface area (Å²) in [6.45, 7) is 3.57. The lowest BCUT2D eigenvalue weighted by molar-refractivity contribution is -0.862. The molecule has 1 atom stereocenters. The fourth-order valence-electron chi connectivity index (χ4n) is 4.26. The Kier molecular flexibility index (Phi) is 7.15. The Bertz CT molecular complexity index is 908. The van der Waals surface area contributed by atoms with Crippen molar-refractivity contribution < 1.29 is 19.2 Å². The molecule has 0 bridgehead atoms. The molecule has 0 unspecified atom stereocenters. The van der Waals surface area contributed by atoms with Gasteiger partial charge in [-0.05, 0) is 24.6 Å². The zero-order valence-electron chi connectivity index (χ0n) is 17.4. The number of carbonyl (C=O) groups is 2. The smallest absolute Gasteiger partial charge is 0.294 e. The minimum absolute atomic E-state index is 0.0554. The summed E-state index contributed by atoms with van der Waals surface area (Å²) < 4.78 is 0.287. The molecule has 3 rings (SSSR count). The summed E-state index contributed by atoms with van der Waals surface area (Å²) >= 11 is 0. The fraction of sp³-hybridized carbons (Fsp3) is 0.400. The van der Waals surface area contributed by atoms with Gasteiger partial charge in [0, 0.05) is 31.2 Å². The molecule has 2 aromatic carbocycles. The average molecular weight is 405 g/mol. The van der Waals surface area contributed by atoms with E-state index in [1.165, 1.54) is 5.56 Å². The second-order valence-corrected chi connectivity index (χ2v) is 8.31. The topological polar surface area (TPSA) is 77.8 Å². The van der Waals surface area contributed by atoms with Crippen LogP contribution in [0.1, 0.15) is 47.7 Å². The van der Waals surface area contributed by atoms with Gasteiger partial charge in [0.05, 0.1) is 37.2 Å². The predicted molar refractivity (Wildman–Crippen MR) is 113 cm³/mol. The van der Waals surface area contributed by atoms with Crippen LogP contribution in [0, 0.1) is 17.2 Å². The van der Waals surface area contributed by atoms with Gasteiger partial charge in [-0.2, -0.15) is 5.26 Å². The Morgan fingerprint density at radius 2 is 1.70 bits per heavy atom. The molecule has 30 heavy (non-hydrogen) atoms. The number of hydrogen-bond acceptors (Lipinski definition) is 3. The van der Waals surface area contributed by atoms with Crippen molar-refractivity contribution in [1.82, 2.24) is 0 Å². The van der Waals surface area contributed by atoms with Crippen LogP contribution < -0.4 is 0 Å². The molecule has 5 nitrogen and oxygen atoms in total. The van der Waals surface area contributed by atoms with Gasteiger partial charge < -0.3 is 0 Å². The van der Waals surface area contributed by atoms with E-state index in [0.29, 0.717) is 43.6 Å². The van der Waals surface area contributed by atoms with Crippen molar-refractivity contribution in [1.29, 1.82) is 5.26 Å². The Morgan fingerprint density at radius 3 is 2.30 bits per heavy atom. The molecule has 155 valence electrons. The maximum Gasteiger partial charge on any atom is 0.316 e. The highest BCUT2D eigenvalue weighted by molar-refractivity contribution is 5.98. The van der Waals surface area contributed by atoms with Gasteiger partial charge in [0.25, 0.3) is 0 Å². The summed E-state index contributed by atoms with van der Waals surface area (Å²) in [6, 6.07) is 18.6. The Balaban J connectivity index is 1.71. The summed E-state index contributed by atoms with van der Waals surface area (Å²) in [5.41, 5.74) is 2.19. The van der Waals surface area contributed by atoms with Gasteiger partial charge in [0.1, 0.15) is 6.10 Å². The molecular weight excluding hydrogens is 376 g/mol. The third-order valence-electron chi connectivity index (χ3n) is 6.15. The van der Waals surface area contributed by atoms with Gasteiger partial charge in [0.2, 0.25) is 0 Å². The van der Waals surface area contributed by atoms with E-state index in [9.17, 15) is 14.7 Å². The van der Waals surface area contributed by atoms with E-state index in [1.807, 2.05) is 31.2 Å². The van der Waals surface area contributed by atoms with Gasteiger partial charge >= 0.3 is 5.91 Å². The molecule has 0 aromatic heterocycles. The number of nitriles is 1. The summed E-state index contributed by atoms with van der Waals surface area (Å²) in [5.74, 6) is -0.466. The number of Topliss-reactive ketones (excluding diaryl/α,β-unsaturated/α-hetero) is 1. The third kappa shape index (κ3) is 5.21. The highest BCUT2D eigenvalue weighted by Crippen LogP contribution is 2.26. The quantitative estimate of drug-likeness (QED) is 0.518. The number of piperidine rings is 1. The minimum Gasteiger partial charge on any atom is -0.294 e. The maximum atomic E-state index is 13.5. The molecule has 1 heterocycles. The van der Waals surface area contributed by atoms with Crippen LogP contribution in [0.4, 0.5) is 0 Å². The van der Waals surface area contributed by atoms with Crippen LogP contribution in [0.25, 0.3) is 0 Å². The molecule has 1 amide bonds. The number of amides is 1. The van der Waals surface area contributed by atoms with E-state index >= 15 is 0 Å². The van der Waals surface area contributed by atoms with Crippen LogP contribution in [0.5, 0.6) is 0 Å². The van der Waals surface area contributed by atoms with Crippen molar-refractivity contribution in [3.8, 4) is 6.07 Å². The van der Waals surface area contributed by atoms with Gasteiger partial charge in [0.15, 0.2) is 5.78 Å². The van der Waals surface area contributed by atoms with Crippen molar-refractivity contribution in [3.63, 3.8) is 0 Å². The van der Waals surface area contributed by atoms with Crippen LogP contribution >= 0.6 is 0 Å². The number of nitrogens with zero attached hydrogens (tertiary/aromatic N) is 2. The molecule has 0 N–H and O–H groups in total. The van der Waals surface area contributed by atoms with E-state index < -0.39 is 12.0 Å². The number of rotatable bonds is 7. The molecule has 0 spiro atoms. The number of quaternary nitrogens is 1.